The smallest absolute Gasteiger partial charge is 0.203 e. The number of nitrogens with zero attached hydrogens (tertiary/aromatic N) is 5. The van der Waals surface area contributed by atoms with Crippen LogP contribution in [0, 0.1) is 22.0 Å². The molecule has 5 nitrogen and oxygen atoms in total. The van der Waals surface area contributed by atoms with Gasteiger partial charge >= 0.3 is 0 Å². The second-order valence-electron chi connectivity index (χ2n) is 6.87. The number of aromatic nitrogens is 3. The monoisotopic (exact) mass is 391 g/mol. The summed E-state index contributed by atoms with van der Waals surface area (Å²) in [6, 6.07) is 22.7. The Morgan fingerprint density at radius 3 is 2.36 bits per heavy atom. The molecule has 0 bridgehead atoms. The molecule has 0 aliphatic heterocycles. The van der Waals surface area contributed by atoms with E-state index in [4.69, 9.17) is 22.6 Å². The van der Waals surface area contributed by atoms with Gasteiger partial charge in [0.25, 0.3) is 0 Å². The molecule has 0 saturated carbocycles. The van der Waals surface area contributed by atoms with Crippen LogP contribution in [0.5, 0.6) is 0 Å². The number of para-hydroxylation sites is 1. The van der Waals surface area contributed by atoms with Crippen molar-refractivity contribution in [3.63, 3.8) is 0 Å². The summed E-state index contributed by atoms with van der Waals surface area (Å²) in [7, 11) is 0. The number of hydrogen-bond acceptors (Lipinski definition) is 4. The minimum Gasteiger partial charge on any atom is -0.283 e. The number of rotatable bonds is 8. The van der Waals surface area contributed by atoms with Crippen molar-refractivity contribution in [2.75, 3.05) is 13.1 Å². The average molecular weight is 392 g/mol. The first kappa shape index (κ1) is 20.0. The van der Waals surface area contributed by atoms with Crippen LogP contribution in [-0.4, -0.2) is 32.3 Å². The lowest BCUT2D eigenvalue weighted by Gasteiger charge is -2.21. The molecule has 2 aromatic carbocycles. The van der Waals surface area contributed by atoms with Crippen LogP contribution >= 0.6 is 12.2 Å². The molecule has 3 rings (SSSR count). The average Bonchev–Trinajstić information content (AvgIpc) is 3.03. The third-order valence-electron chi connectivity index (χ3n) is 4.66. The van der Waals surface area contributed by atoms with E-state index >= 15 is 0 Å². The van der Waals surface area contributed by atoms with Gasteiger partial charge in [-0.2, -0.15) is 10.4 Å². The van der Waals surface area contributed by atoms with Gasteiger partial charge in [0, 0.05) is 18.7 Å². The molecule has 0 N–H and O–H groups in total. The van der Waals surface area contributed by atoms with Gasteiger partial charge in [-0.25, -0.2) is 4.68 Å². The highest BCUT2D eigenvalue weighted by Gasteiger charge is 2.16. The van der Waals surface area contributed by atoms with E-state index in [1.54, 1.807) is 0 Å². The van der Waals surface area contributed by atoms with E-state index in [0.717, 1.165) is 18.1 Å². The van der Waals surface area contributed by atoms with Crippen molar-refractivity contribution in [3.05, 3.63) is 76.8 Å². The third kappa shape index (κ3) is 4.75. The van der Waals surface area contributed by atoms with Crippen LogP contribution in [0.3, 0.4) is 0 Å². The van der Waals surface area contributed by atoms with E-state index in [1.165, 1.54) is 5.56 Å². The van der Waals surface area contributed by atoms with Crippen molar-refractivity contribution in [1.29, 1.82) is 5.26 Å². The first-order valence-electron chi connectivity index (χ1n) is 9.52. The molecular weight excluding hydrogens is 366 g/mol. The molecule has 1 atom stereocenters. The van der Waals surface area contributed by atoms with Crippen molar-refractivity contribution in [2.45, 2.75) is 26.9 Å². The molecule has 1 unspecified atom stereocenters. The van der Waals surface area contributed by atoms with Crippen LogP contribution in [-0.2, 0) is 13.1 Å². The third-order valence-corrected chi connectivity index (χ3v) is 5.05. The quantitative estimate of drug-likeness (QED) is 0.533. The van der Waals surface area contributed by atoms with Gasteiger partial charge in [0.15, 0.2) is 0 Å². The van der Waals surface area contributed by atoms with Crippen molar-refractivity contribution < 1.29 is 0 Å². The normalized spacial score (nSPS) is 12.1. The molecule has 0 saturated heterocycles. The standard InChI is InChI=1S/C22H25N5S/c1-3-25(16-18(2)15-23)17-26-22(28)27(20-12-8-5-9-13-20)21(24-26)14-19-10-6-4-7-11-19/h4-13,18H,3,14,16-17H2,1-2H3. The molecule has 0 aliphatic rings. The molecule has 6 heteroatoms. The minimum atomic E-state index is -0.0332. The van der Waals surface area contributed by atoms with E-state index in [2.05, 4.69) is 30.0 Å². The molecule has 144 valence electrons. The topological polar surface area (TPSA) is 49.8 Å². The zero-order valence-electron chi connectivity index (χ0n) is 16.3. The Kier molecular flexibility index (Phi) is 6.75. The van der Waals surface area contributed by atoms with Crippen molar-refractivity contribution in [3.8, 4) is 11.8 Å². The van der Waals surface area contributed by atoms with Crippen molar-refractivity contribution in [1.82, 2.24) is 19.2 Å². The van der Waals surface area contributed by atoms with Crippen molar-refractivity contribution >= 4 is 12.2 Å². The van der Waals surface area contributed by atoms with Crippen LogP contribution in [0.4, 0.5) is 0 Å². The Bertz CT molecular complexity index is 985. The second-order valence-corrected chi connectivity index (χ2v) is 7.24. The summed E-state index contributed by atoms with van der Waals surface area (Å²) in [4.78, 5) is 2.19. The highest BCUT2D eigenvalue weighted by Crippen LogP contribution is 2.16. The van der Waals surface area contributed by atoms with Gasteiger partial charge < -0.3 is 0 Å². The molecule has 0 amide bonds. The van der Waals surface area contributed by atoms with Gasteiger partial charge in [-0.15, -0.1) is 0 Å². The number of nitriles is 1. The van der Waals surface area contributed by atoms with Gasteiger partial charge in [-0.05, 0) is 43.4 Å². The van der Waals surface area contributed by atoms with Gasteiger partial charge in [0.2, 0.25) is 4.77 Å². The van der Waals surface area contributed by atoms with Gasteiger partial charge in [0.05, 0.1) is 18.7 Å². The summed E-state index contributed by atoms with van der Waals surface area (Å²) in [5.41, 5.74) is 2.20. The fourth-order valence-electron chi connectivity index (χ4n) is 3.18. The number of hydrogen-bond donors (Lipinski definition) is 0. The first-order chi connectivity index (χ1) is 13.6. The predicted octanol–water partition coefficient (Wildman–Crippen LogP) is 4.43. The predicted molar refractivity (Wildman–Crippen MR) is 114 cm³/mol. The highest BCUT2D eigenvalue weighted by molar-refractivity contribution is 7.71. The molecule has 1 aromatic heterocycles. The molecule has 1 heterocycles. The highest BCUT2D eigenvalue weighted by atomic mass is 32.1. The lowest BCUT2D eigenvalue weighted by atomic mass is 10.1. The Morgan fingerprint density at radius 2 is 1.75 bits per heavy atom. The Hall–Kier alpha value is -2.75. The van der Waals surface area contributed by atoms with E-state index in [9.17, 15) is 0 Å². The number of benzene rings is 2. The Balaban J connectivity index is 1.98. The first-order valence-corrected chi connectivity index (χ1v) is 9.93. The summed E-state index contributed by atoms with van der Waals surface area (Å²) >= 11 is 5.79. The lowest BCUT2D eigenvalue weighted by Crippen LogP contribution is -2.31. The SMILES string of the molecule is CCN(CC(C)C#N)Cn1nc(Cc2ccccc2)n(-c2ccccc2)c1=S. The van der Waals surface area contributed by atoms with Crippen LogP contribution in [0.25, 0.3) is 5.69 Å². The summed E-state index contributed by atoms with van der Waals surface area (Å²) in [5, 5.41) is 14.0. The fraction of sp³-hybridized carbons (Fsp3) is 0.318. The van der Waals surface area contributed by atoms with E-state index in [0.29, 0.717) is 24.4 Å². The Morgan fingerprint density at radius 1 is 1.11 bits per heavy atom. The molecule has 28 heavy (non-hydrogen) atoms. The second kappa shape index (κ2) is 9.45. The Labute approximate surface area is 171 Å². The summed E-state index contributed by atoms with van der Waals surface area (Å²) in [6.07, 6.45) is 0.701. The summed E-state index contributed by atoms with van der Waals surface area (Å²) in [6.45, 7) is 6.13. The van der Waals surface area contributed by atoms with E-state index in [1.807, 2.05) is 64.7 Å². The zero-order valence-corrected chi connectivity index (χ0v) is 17.1. The maximum absolute atomic E-state index is 9.14. The van der Waals surface area contributed by atoms with Gasteiger partial charge in [-0.3, -0.25) is 9.47 Å². The van der Waals surface area contributed by atoms with E-state index < -0.39 is 0 Å². The van der Waals surface area contributed by atoms with Gasteiger partial charge in [0.1, 0.15) is 5.82 Å². The molecular formula is C22H25N5S. The van der Waals surface area contributed by atoms with Gasteiger partial charge in [-0.1, -0.05) is 55.5 Å². The lowest BCUT2D eigenvalue weighted by molar-refractivity contribution is 0.201. The minimum absolute atomic E-state index is 0.0332. The molecule has 0 aliphatic carbocycles. The molecule has 3 aromatic rings. The van der Waals surface area contributed by atoms with Crippen LogP contribution < -0.4 is 0 Å². The van der Waals surface area contributed by atoms with Crippen LogP contribution in [0.15, 0.2) is 60.7 Å². The molecule has 0 fully saturated rings. The fourth-order valence-corrected chi connectivity index (χ4v) is 3.49. The summed E-state index contributed by atoms with van der Waals surface area (Å²) in [5.74, 6) is 0.876. The largest absolute Gasteiger partial charge is 0.283 e. The van der Waals surface area contributed by atoms with Crippen LogP contribution in [0.2, 0.25) is 0 Å². The van der Waals surface area contributed by atoms with Crippen molar-refractivity contribution in [2.24, 2.45) is 5.92 Å². The molecule has 0 radical (unpaired) electrons. The molecule has 0 spiro atoms. The van der Waals surface area contributed by atoms with Crippen LogP contribution in [0.1, 0.15) is 25.2 Å². The van der Waals surface area contributed by atoms with E-state index in [-0.39, 0.29) is 5.92 Å². The zero-order chi connectivity index (χ0) is 19.9. The maximum atomic E-state index is 9.14. The maximum Gasteiger partial charge on any atom is 0.203 e. The summed E-state index contributed by atoms with van der Waals surface area (Å²) < 4.78 is 4.58.